The third kappa shape index (κ3) is 7.62. The Hall–Kier alpha value is -2.62. The van der Waals surface area contributed by atoms with E-state index in [9.17, 15) is 4.79 Å². The Morgan fingerprint density at radius 2 is 1.46 bits per heavy atom. The Balaban J connectivity index is 1.04. The summed E-state index contributed by atoms with van der Waals surface area (Å²) in [4.78, 5) is 13.6. The number of nitrogens with one attached hydrogen (secondary N) is 1. The van der Waals surface area contributed by atoms with Gasteiger partial charge in [-0.05, 0) is 105 Å². The molecule has 0 spiro atoms. The maximum absolute atomic E-state index is 13.6. The molecule has 0 aliphatic heterocycles. The molecule has 0 radical (unpaired) electrons. The number of aryl methyl sites for hydroxylation is 1. The number of rotatable bonds is 16. The molecule has 4 saturated carbocycles. The Morgan fingerprint density at radius 3 is 2.10 bits per heavy atom. The molecule has 4 aliphatic rings. The molecule has 0 unspecified atom stereocenters. The van der Waals surface area contributed by atoms with Crippen LogP contribution in [0.25, 0.3) is 0 Å². The van der Waals surface area contributed by atoms with Crippen molar-refractivity contribution in [2.75, 3.05) is 6.61 Å². The van der Waals surface area contributed by atoms with Gasteiger partial charge in [-0.3, -0.25) is 4.79 Å². The van der Waals surface area contributed by atoms with E-state index in [4.69, 9.17) is 4.74 Å². The van der Waals surface area contributed by atoms with Gasteiger partial charge in [0.15, 0.2) is 0 Å². The number of unbranched alkanes of at least 4 members (excludes halogenated alkanes) is 9. The van der Waals surface area contributed by atoms with Crippen LogP contribution in [0.4, 0.5) is 0 Å². The summed E-state index contributed by atoms with van der Waals surface area (Å²) in [6.45, 7) is 5.20. The normalized spacial score (nSPS) is 26.5. The highest BCUT2D eigenvalue weighted by Crippen LogP contribution is 2.65. The zero-order valence-corrected chi connectivity index (χ0v) is 25.6. The Bertz CT molecular complexity index is 1120. The maximum Gasteiger partial charge on any atom is 0.246 e. The molecule has 1 N–H and O–H groups in total. The molecule has 6 rings (SSSR count). The van der Waals surface area contributed by atoms with Gasteiger partial charge in [0.1, 0.15) is 5.75 Å². The second-order valence-corrected chi connectivity index (χ2v) is 13.7. The monoisotopic (exact) mass is 556 g/mol. The topological polar surface area (TPSA) is 50.7 Å². The summed E-state index contributed by atoms with van der Waals surface area (Å²) in [6.07, 6.45) is 21.8. The van der Waals surface area contributed by atoms with Crippen LogP contribution in [-0.2, 0) is 10.2 Å². The van der Waals surface area contributed by atoms with Crippen LogP contribution >= 0.6 is 0 Å². The highest BCUT2D eigenvalue weighted by Gasteiger charge is 2.60. The predicted molar refractivity (Wildman–Crippen MR) is 169 cm³/mol. The van der Waals surface area contributed by atoms with Gasteiger partial charge in [-0.2, -0.15) is 5.10 Å². The standard InChI is InChI=1S/C37H52N2O2/c1-3-4-5-6-7-8-9-10-11-12-21-41-34-19-15-30(16-20-34)27-38-39-35(40)37-25-31-22-32(26-37)24-36(23-31,28-37)33-17-13-29(2)14-18-33/h13-20,27,31-32H,3-12,21-26,28H2,1-2H3,(H,39,40)/b38-27-/t31-,32-,36?,37?/m1/s1. The molecular weight excluding hydrogens is 504 g/mol. The van der Waals surface area contributed by atoms with E-state index < -0.39 is 0 Å². The lowest BCUT2D eigenvalue weighted by molar-refractivity contribution is -0.149. The van der Waals surface area contributed by atoms with Crippen LogP contribution in [-0.4, -0.2) is 18.7 Å². The molecule has 41 heavy (non-hydrogen) atoms. The van der Waals surface area contributed by atoms with Gasteiger partial charge in [0, 0.05) is 0 Å². The average molecular weight is 557 g/mol. The molecule has 0 saturated heterocycles. The second-order valence-electron chi connectivity index (χ2n) is 13.7. The third-order valence-corrected chi connectivity index (χ3v) is 10.2. The molecule has 0 aromatic heterocycles. The Labute approximate surface area is 248 Å². The number of ether oxygens (including phenoxy) is 1. The first-order valence-corrected chi connectivity index (χ1v) is 16.6. The lowest BCUT2D eigenvalue weighted by Gasteiger charge is -2.61. The van der Waals surface area contributed by atoms with Crippen LogP contribution in [0.5, 0.6) is 5.75 Å². The molecule has 4 aliphatic carbocycles. The van der Waals surface area contributed by atoms with Crippen molar-refractivity contribution >= 4 is 12.1 Å². The summed E-state index contributed by atoms with van der Waals surface area (Å²) in [5.74, 6) is 2.33. The molecule has 4 fully saturated rings. The van der Waals surface area contributed by atoms with Crippen molar-refractivity contribution in [3.05, 3.63) is 65.2 Å². The van der Waals surface area contributed by atoms with Gasteiger partial charge in [0.2, 0.25) is 5.91 Å². The lowest BCUT2D eigenvalue weighted by atomic mass is 9.42. The first-order chi connectivity index (χ1) is 20.0. The van der Waals surface area contributed by atoms with Gasteiger partial charge in [-0.15, -0.1) is 0 Å². The van der Waals surface area contributed by atoms with E-state index in [0.29, 0.717) is 11.8 Å². The van der Waals surface area contributed by atoms with E-state index in [1.54, 1.807) is 6.21 Å². The summed E-state index contributed by atoms with van der Waals surface area (Å²) < 4.78 is 5.95. The van der Waals surface area contributed by atoms with E-state index in [1.807, 2.05) is 24.3 Å². The molecule has 0 heterocycles. The molecule has 222 valence electrons. The number of hydrazone groups is 1. The number of hydrogen-bond donors (Lipinski definition) is 1. The van der Waals surface area contributed by atoms with E-state index in [1.165, 1.54) is 88.2 Å². The first-order valence-electron chi connectivity index (χ1n) is 16.6. The summed E-state index contributed by atoms with van der Waals surface area (Å²) in [5, 5.41) is 4.40. The minimum Gasteiger partial charge on any atom is -0.494 e. The number of carbonyl (C=O) groups is 1. The molecule has 4 bridgehead atoms. The van der Waals surface area contributed by atoms with E-state index in [0.717, 1.165) is 43.6 Å². The summed E-state index contributed by atoms with van der Waals surface area (Å²) in [7, 11) is 0. The van der Waals surface area contributed by atoms with Gasteiger partial charge >= 0.3 is 0 Å². The van der Waals surface area contributed by atoms with E-state index in [2.05, 4.69) is 48.6 Å². The number of carbonyl (C=O) groups excluding carboxylic acids is 1. The molecule has 2 aromatic rings. The predicted octanol–water partition coefficient (Wildman–Crippen LogP) is 9.28. The lowest BCUT2D eigenvalue weighted by Crippen LogP contribution is -2.58. The zero-order chi connectivity index (χ0) is 28.5. The summed E-state index contributed by atoms with van der Waals surface area (Å²) >= 11 is 0. The van der Waals surface area contributed by atoms with Crippen molar-refractivity contribution in [1.82, 2.24) is 5.43 Å². The van der Waals surface area contributed by atoms with Gasteiger partial charge in [-0.25, -0.2) is 5.43 Å². The van der Waals surface area contributed by atoms with Crippen LogP contribution in [0.1, 0.15) is 126 Å². The molecular formula is C37H52N2O2. The fourth-order valence-electron chi connectivity index (χ4n) is 8.49. The molecule has 1 amide bonds. The van der Waals surface area contributed by atoms with Crippen molar-refractivity contribution in [2.45, 2.75) is 122 Å². The molecule has 4 heteroatoms. The number of hydrogen-bond acceptors (Lipinski definition) is 3. The van der Waals surface area contributed by atoms with Gasteiger partial charge in [-0.1, -0.05) is 94.5 Å². The minimum atomic E-state index is -0.279. The fraction of sp³-hybridized carbons (Fsp3) is 0.622. The average Bonchev–Trinajstić information content (AvgIpc) is 2.96. The van der Waals surface area contributed by atoms with Crippen molar-refractivity contribution < 1.29 is 9.53 Å². The highest BCUT2D eigenvalue weighted by molar-refractivity contribution is 5.86. The molecule has 4 nitrogen and oxygen atoms in total. The van der Waals surface area contributed by atoms with Crippen molar-refractivity contribution in [3.63, 3.8) is 0 Å². The quantitative estimate of drug-likeness (QED) is 0.127. The van der Waals surface area contributed by atoms with Crippen LogP contribution in [0.2, 0.25) is 0 Å². The van der Waals surface area contributed by atoms with Crippen LogP contribution in [0.15, 0.2) is 53.6 Å². The zero-order valence-electron chi connectivity index (χ0n) is 25.6. The van der Waals surface area contributed by atoms with Crippen molar-refractivity contribution in [1.29, 1.82) is 0 Å². The molecule has 2 aromatic carbocycles. The summed E-state index contributed by atoms with van der Waals surface area (Å²) in [6, 6.07) is 17.1. The number of benzene rings is 2. The van der Waals surface area contributed by atoms with Gasteiger partial charge in [0.25, 0.3) is 0 Å². The SMILES string of the molecule is CCCCCCCCCCCCOc1ccc(/C=N\NC(=O)C23C[C@@H]4C[C@@H](C2)CC(c2ccc(C)cc2)(C4)C3)cc1. The Morgan fingerprint density at radius 1 is 0.854 bits per heavy atom. The van der Waals surface area contributed by atoms with Crippen molar-refractivity contribution in [2.24, 2.45) is 22.4 Å². The van der Waals surface area contributed by atoms with Crippen molar-refractivity contribution in [3.8, 4) is 5.75 Å². The van der Waals surface area contributed by atoms with E-state index >= 15 is 0 Å². The smallest absolute Gasteiger partial charge is 0.246 e. The van der Waals surface area contributed by atoms with Gasteiger partial charge < -0.3 is 4.74 Å². The minimum absolute atomic E-state index is 0.121. The van der Waals surface area contributed by atoms with E-state index in [-0.39, 0.29) is 16.7 Å². The molecule has 2 atom stereocenters. The van der Waals surface area contributed by atoms with Crippen LogP contribution < -0.4 is 10.2 Å². The first kappa shape index (κ1) is 29.9. The number of nitrogens with zero attached hydrogens (tertiary/aromatic N) is 1. The fourth-order valence-corrected chi connectivity index (χ4v) is 8.49. The highest BCUT2D eigenvalue weighted by atomic mass is 16.5. The maximum atomic E-state index is 13.6. The Kier molecular flexibility index (Phi) is 10.2. The summed E-state index contributed by atoms with van der Waals surface area (Å²) in [5.41, 5.74) is 6.54. The van der Waals surface area contributed by atoms with Crippen LogP contribution in [0, 0.1) is 24.2 Å². The van der Waals surface area contributed by atoms with Crippen LogP contribution in [0.3, 0.4) is 0 Å². The second kappa shape index (κ2) is 14.0. The third-order valence-electron chi connectivity index (χ3n) is 10.2. The largest absolute Gasteiger partial charge is 0.494 e. The van der Waals surface area contributed by atoms with Gasteiger partial charge in [0.05, 0.1) is 18.2 Å². The number of amides is 1.